The maximum atomic E-state index is 9.28. The summed E-state index contributed by atoms with van der Waals surface area (Å²) in [5.74, 6) is 0. The lowest BCUT2D eigenvalue weighted by molar-refractivity contribution is 1.30. The van der Waals surface area contributed by atoms with Crippen LogP contribution in [-0.2, 0) is 0 Å². The van der Waals surface area contributed by atoms with E-state index in [0.29, 0.717) is 5.56 Å². The normalized spacial score (nSPS) is 10.1. The first-order chi connectivity index (χ1) is 10.3. The zero-order chi connectivity index (χ0) is 14.7. The molecular weight excluding hydrogens is 256 g/mol. The Morgan fingerprint density at radius 3 is 2.33 bits per heavy atom. The summed E-state index contributed by atoms with van der Waals surface area (Å²) in [4.78, 5) is 4.46. The minimum atomic E-state index is 0.690. The highest BCUT2D eigenvalue weighted by Gasteiger charge is 2.14. The Labute approximate surface area is 124 Å². The van der Waals surface area contributed by atoms with Crippen molar-refractivity contribution in [3.63, 3.8) is 0 Å². The molecule has 0 fully saturated rings. The average molecular weight is 270 g/mol. The molecule has 2 nitrogen and oxygen atoms in total. The molecule has 0 saturated heterocycles. The Balaban J connectivity index is 2.32. The van der Waals surface area contributed by atoms with Crippen LogP contribution in [0.1, 0.15) is 11.1 Å². The van der Waals surface area contributed by atoms with E-state index >= 15 is 0 Å². The first kappa shape index (κ1) is 13.1. The second-order valence-corrected chi connectivity index (χ2v) is 4.85. The van der Waals surface area contributed by atoms with E-state index in [4.69, 9.17) is 0 Å². The van der Waals surface area contributed by atoms with E-state index in [2.05, 4.69) is 23.2 Å². The second-order valence-electron chi connectivity index (χ2n) is 4.85. The molecule has 0 aliphatic carbocycles. The number of nitrogens with zero attached hydrogens (tertiary/aromatic N) is 2. The van der Waals surface area contributed by atoms with Gasteiger partial charge in [0.15, 0.2) is 0 Å². The van der Waals surface area contributed by atoms with Crippen LogP contribution in [0.4, 0.5) is 0 Å². The van der Waals surface area contributed by atoms with Crippen LogP contribution in [0, 0.1) is 18.3 Å². The fourth-order valence-electron chi connectivity index (χ4n) is 2.53. The predicted molar refractivity (Wildman–Crippen MR) is 84.6 cm³/mol. The maximum Gasteiger partial charge on any atom is 0.0994 e. The van der Waals surface area contributed by atoms with Gasteiger partial charge in [-0.25, -0.2) is 0 Å². The molecule has 0 bridgehead atoms. The van der Waals surface area contributed by atoms with E-state index in [9.17, 15) is 5.26 Å². The summed E-state index contributed by atoms with van der Waals surface area (Å²) in [5, 5.41) is 9.28. The van der Waals surface area contributed by atoms with E-state index in [1.807, 2.05) is 55.5 Å². The molecule has 0 unspecified atom stereocenters. The van der Waals surface area contributed by atoms with Crippen LogP contribution in [-0.4, -0.2) is 4.98 Å². The number of nitriles is 1. The molecule has 0 atom stereocenters. The number of hydrogen-bond acceptors (Lipinski definition) is 2. The molecule has 0 spiro atoms. The number of benzene rings is 2. The summed E-state index contributed by atoms with van der Waals surface area (Å²) in [5.41, 5.74) is 5.82. The van der Waals surface area contributed by atoms with Crippen molar-refractivity contribution >= 4 is 0 Å². The summed E-state index contributed by atoms with van der Waals surface area (Å²) in [7, 11) is 0. The highest BCUT2D eigenvalue weighted by atomic mass is 14.7. The van der Waals surface area contributed by atoms with E-state index in [1.165, 1.54) is 0 Å². The number of hydrogen-bond donors (Lipinski definition) is 0. The molecule has 3 aromatic rings. The van der Waals surface area contributed by atoms with Crippen molar-refractivity contribution in [2.45, 2.75) is 6.92 Å². The maximum absolute atomic E-state index is 9.28. The third-order valence-electron chi connectivity index (χ3n) is 3.59. The summed E-state index contributed by atoms with van der Waals surface area (Å²) in [6, 6.07) is 22.2. The van der Waals surface area contributed by atoms with Crippen LogP contribution in [0.3, 0.4) is 0 Å². The quantitative estimate of drug-likeness (QED) is 0.682. The van der Waals surface area contributed by atoms with E-state index in [1.54, 1.807) is 6.20 Å². The molecule has 3 rings (SSSR count). The summed E-state index contributed by atoms with van der Waals surface area (Å²) in [6.07, 6.45) is 1.78. The Kier molecular flexibility index (Phi) is 3.49. The van der Waals surface area contributed by atoms with Crippen LogP contribution in [0.25, 0.3) is 22.4 Å². The molecule has 0 aliphatic rings. The van der Waals surface area contributed by atoms with Gasteiger partial charge in [-0.2, -0.15) is 5.26 Å². The lowest BCUT2D eigenvalue weighted by Gasteiger charge is -2.13. The molecular formula is C19H14N2. The lowest BCUT2D eigenvalue weighted by atomic mass is 9.91. The van der Waals surface area contributed by atoms with Crippen molar-refractivity contribution < 1.29 is 0 Å². The standard InChI is InChI=1S/C19H14N2/c1-14-16(13-20)10-11-17(15-7-3-2-4-8-15)19(14)18-9-5-6-12-21-18/h2-12H,1H3. The minimum absolute atomic E-state index is 0.690. The summed E-state index contributed by atoms with van der Waals surface area (Å²) < 4.78 is 0. The van der Waals surface area contributed by atoms with Gasteiger partial charge in [-0.3, -0.25) is 4.98 Å². The number of rotatable bonds is 2. The van der Waals surface area contributed by atoms with Gasteiger partial charge in [0.25, 0.3) is 0 Å². The van der Waals surface area contributed by atoms with Crippen LogP contribution >= 0.6 is 0 Å². The van der Waals surface area contributed by atoms with Crippen LogP contribution < -0.4 is 0 Å². The first-order valence-corrected chi connectivity index (χ1v) is 6.82. The Morgan fingerprint density at radius 1 is 0.905 bits per heavy atom. The van der Waals surface area contributed by atoms with Crippen molar-refractivity contribution in [1.29, 1.82) is 5.26 Å². The molecule has 1 aromatic heterocycles. The third-order valence-corrected chi connectivity index (χ3v) is 3.59. The topological polar surface area (TPSA) is 36.7 Å². The average Bonchev–Trinajstić information content (AvgIpc) is 2.56. The fraction of sp³-hybridized carbons (Fsp3) is 0.0526. The molecule has 21 heavy (non-hydrogen) atoms. The molecule has 2 heteroatoms. The van der Waals surface area contributed by atoms with Crippen molar-refractivity contribution in [2.75, 3.05) is 0 Å². The van der Waals surface area contributed by atoms with Gasteiger partial charge in [-0.1, -0.05) is 42.5 Å². The molecule has 0 amide bonds. The predicted octanol–water partition coefficient (Wildman–Crippen LogP) is 4.60. The van der Waals surface area contributed by atoms with Gasteiger partial charge >= 0.3 is 0 Å². The van der Waals surface area contributed by atoms with E-state index < -0.39 is 0 Å². The van der Waals surface area contributed by atoms with E-state index in [-0.39, 0.29) is 0 Å². The van der Waals surface area contributed by atoms with Crippen LogP contribution in [0.5, 0.6) is 0 Å². The van der Waals surface area contributed by atoms with Crippen LogP contribution in [0.2, 0.25) is 0 Å². The smallest absolute Gasteiger partial charge is 0.0994 e. The molecule has 100 valence electrons. The monoisotopic (exact) mass is 270 g/mol. The zero-order valence-corrected chi connectivity index (χ0v) is 11.7. The molecule has 1 heterocycles. The minimum Gasteiger partial charge on any atom is -0.256 e. The highest BCUT2D eigenvalue weighted by molar-refractivity contribution is 5.85. The van der Waals surface area contributed by atoms with Gasteiger partial charge in [0.1, 0.15) is 0 Å². The van der Waals surface area contributed by atoms with E-state index in [0.717, 1.165) is 27.9 Å². The Morgan fingerprint density at radius 2 is 1.67 bits per heavy atom. The largest absolute Gasteiger partial charge is 0.256 e. The van der Waals surface area contributed by atoms with Gasteiger partial charge in [-0.15, -0.1) is 0 Å². The van der Waals surface area contributed by atoms with Crippen molar-refractivity contribution in [1.82, 2.24) is 4.98 Å². The molecule has 0 N–H and O–H groups in total. The van der Waals surface area contributed by atoms with Crippen molar-refractivity contribution in [3.05, 3.63) is 78.0 Å². The van der Waals surface area contributed by atoms with Gasteiger partial charge in [-0.05, 0) is 41.8 Å². The third kappa shape index (κ3) is 2.42. The molecule has 0 aliphatic heterocycles. The van der Waals surface area contributed by atoms with Gasteiger partial charge < -0.3 is 0 Å². The van der Waals surface area contributed by atoms with Gasteiger partial charge in [0, 0.05) is 11.8 Å². The summed E-state index contributed by atoms with van der Waals surface area (Å²) >= 11 is 0. The SMILES string of the molecule is Cc1c(C#N)ccc(-c2ccccc2)c1-c1ccccn1. The number of pyridine rings is 1. The molecule has 0 radical (unpaired) electrons. The Hall–Kier alpha value is -2.92. The lowest BCUT2D eigenvalue weighted by Crippen LogP contribution is -1.94. The Bertz CT molecular complexity index is 800. The van der Waals surface area contributed by atoms with Crippen molar-refractivity contribution in [3.8, 4) is 28.5 Å². The molecule has 0 saturated carbocycles. The zero-order valence-electron chi connectivity index (χ0n) is 11.7. The first-order valence-electron chi connectivity index (χ1n) is 6.82. The second kappa shape index (κ2) is 5.60. The van der Waals surface area contributed by atoms with Crippen molar-refractivity contribution in [2.24, 2.45) is 0 Å². The van der Waals surface area contributed by atoms with Gasteiger partial charge in [0.05, 0.1) is 17.3 Å². The van der Waals surface area contributed by atoms with Crippen LogP contribution in [0.15, 0.2) is 66.9 Å². The molecule has 2 aromatic carbocycles. The summed E-state index contributed by atoms with van der Waals surface area (Å²) in [6.45, 7) is 1.98. The fourth-order valence-corrected chi connectivity index (χ4v) is 2.53. The van der Waals surface area contributed by atoms with Gasteiger partial charge in [0.2, 0.25) is 0 Å². The highest BCUT2D eigenvalue weighted by Crippen LogP contribution is 2.35. The number of aromatic nitrogens is 1.